The summed E-state index contributed by atoms with van der Waals surface area (Å²) in [6, 6.07) is 0. The monoisotopic (exact) mass is 314 g/mol. The molecule has 8 heteroatoms. The predicted octanol–water partition coefficient (Wildman–Crippen LogP) is 2.82. The Bertz CT molecular complexity index is 532. The molecule has 0 aliphatic rings. The Morgan fingerprint density at radius 1 is 1.53 bits per heavy atom. The minimum atomic E-state index is -0.470. The molecule has 2 rings (SSSR count). The Balaban J connectivity index is 2.22. The van der Waals surface area contributed by atoms with Gasteiger partial charge in [0, 0.05) is 17.8 Å². The number of rotatable bonds is 4. The highest BCUT2D eigenvalue weighted by Crippen LogP contribution is 2.31. The average Bonchev–Trinajstić information content (AvgIpc) is 2.80. The lowest BCUT2D eigenvalue weighted by atomic mass is 10.3. The van der Waals surface area contributed by atoms with Crippen LogP contribution in [0.1, 0.15) is 5.01 Å². The van der Waals surface area contributed by atoms with E-state index in [1.165, 1.54) is 23.7 Å². The second-order valence-electron chi connectivity index (χ2n) is 3.05. The highest BCUT2D eigenvalue weighted by Gasteiger charge is 2.17. The summed E-state index contributed by atoms with van der Waals surface area (Å²) in [7, 11) is 0. The molecule has 2 heterocycles. The number of pyridine rings is 1. The number of anilines is 1. The largest absolute Gasteiger partial charge is 0.372 e. The number of nitrogens with zero attached hydrogens (tertiary/aromatic N) is 3. The zero-order valence-electron chi connectivity index (χ0n) is 8.46. The van der Waals surface area contributed by atoms with E-state index in [4.69, 9.17) is 0 Å². The molecule has 0 spiro atoms. The Hall–Kier alpha value is -1.54. The molecule has 2 aromatic rings. The normalized spacial score (nSPS) is 10.2. The molecule has 0 aromatic carbocycles. The van der Waals surface area contributed by atoms with Gasteiger partial charge in [0.2, 0.25) is 0 Å². The van der Waals surface area contributed by atoms with E-state index in [-0.39, 0.29) is 5.69 Å². The van der Waals surface area contributed by atoms with Crippen molar-refractivity contribution in [1.29, 1.82) is 0 Å². The minimum Gasteiger partial charge on any atom is -0.372 e. The molecule has 0 fully saturated rings. The van der Waals surface area contributed by atoms with Crippen LogP contribution in [0.15, 0.2) is 28.4 Å². The number of thiazole rings is 1. The lowest BCUT2D eigenvalue weighted by molar-refractivity contribution is -0.384. The van der Waals surface area contributed by atoms with E-state index in [1.807, 2.05) is 5.38 Å². The first-order chi connectivity index (χ1) is 8.18. The quantitative estimate of drug-likeness (QED) is 0.693. The molecular weight excluding hydrogens is 308 g/mol. The molecule has 0 unspecified atom stereocenters. The number of hydrogen-bond donors (Lipinski definition) is 1. The Morgan fingerprint density at radius 3 is 3.00 bits per heavy atom. The van der Waals surface area contributed by atoms with E-state index in [0.717, 1.165) is 5.01 Å². The summed E-state index contributed by atoms with van der Waals surface area (Å²) in [5, 5.41) is 16.5. The Kier molecular flexibility index (Phi) is 3.64. The van der Waals surface area contributed by atoms with Crippen LogP contribution in [-0.2, 0) is 6.54 Å². The standard InChI is InChI=1S/C9H7BrN4O2S/c10-6-3-11-4-7(14(15)16)9(6)13-5-8-12-1-2-17-8/h1-4H,5H2,(H,11,13). The van der Waals surface area contributed by atoms with Crippen LogP contribution in [0.3, 0.4) is 0 Å². The molecule has 0 saturated carbocycles. The topological polar surface area (TPSA) is 81.0 Å². The smallest absolute Gasteiger partial charge is 0.311 e. The van der Waals surface area contributed by atoms with Crippen molar-refractivity contribution in [2.45, 2.75) is 6.54 Å². The zero-order valence-corrected chi connectivity index (χ0v) is 10.9. The number of aromatic nitrogens is 2. The van der Waals surface area contributed by atoms with Crippen LogP contribution in [-0.4, -0.2) is 14.9 Å². The van der Waals surface area contributed by atoms with Crippen LogP contribution in [0.2, 0.25) is 0 Å². The van der Waals surface area contributed by atoms with Gasteiger partial charge < -0.3 is 5.32 Å². The second-order valence-corrected chi connectivity index (χ2v) is 4.89. The molecule has 0 saturated heterocycles. The summed E-state index contributed by atoms with van der Waals surface area (Å²) in [6.45, 7) is 0.446. The Labute approximate surface area is 109 Å². The Morgan fingerprint density at radius 2 is 2.35 bits per heavy atom. The van der Waals surface area contributed by atoms with E-state index in [1.54, 1.807) is 6.20 Å². The van der Waals surface area contributed by atoms with Gasteiger partial charge in [0.15, 0.2) is 0 Å². The van der Waals surface area contributed by atoms with Gasteiger partial charge in [-0.25, -0.2) is 4.98 Å². The van der Waals surface area contributed by atoms with Crippen LogP contribution >= 0.6 is 27.3 Å². The van der Waals surface area contributed by atoms with Crippen molar-refractivity contribution in [3.8, 4) is 0 Å². The van der Waals surface area contributed by atoms with Gasteiger partial charge in [-0.1, -0.05) is 0 Å². The van der Waals surface area contributed by atoms with Crippen molar-refractivity contribution >= 4 is 38.6 Å². The average molecular weight is 315 g/mol. The fourth-order valence-electron chi connectivity index (χ4n) is 1.24. The SMILES string of the molecule is O=[N+]([O-])c1cncc(Br)c1NCc1nccs1. The summed E-state index contributed by atoms with van der Waals surface area (Å²) in [5.74, 6) is 0. The van der Waals surface area contributed by atoms with Gasteiger partial charge >= 0.3 is 5.69 Å². The van der Waals surface area contributed by atoms with Crippen LogP contribution in [0.25, 0.3) is 0 Å². The maximum absolute atomic E-state index is 10.8. The molecule has 0 aliphatic heterocycles. The fraction of sp³-hybridized carbons (Fsp3) is 0.111. The zero-order chi connectivity index (χ0) is 12.3. The molecule has 0 atom stereocenters. The van der Waals surface area contributed by atoms with Gasteiger partial charge in [-0.05, 0) is 15.9 Å². The van der Waals surface area contributed by atoms with Gasteiger partial charge in [0.05, 0.1) is 15.9 Å². The predicted molar refractivity (Wildman–Crippen MR) is 68.0 cm³/mol. The van der Waals surface area contributed by atoms with Crippen LogP contribution in [0.5, 0.6) is 0 Å². The molecule has 0 radical (unpaired) electrons. The molecule has 1 N–H and O–H groups in total. The third-order valence-electron chi connectivity index (χ3n) is 1.98. The maximum atomic E-state index is 10.8. The van der Waals surface area contributed by atoms with Gasteiger partial charge in [-0.2, -0.15) is 0 Å². The maximum Gasteiger partial charge on any atom is 0.311 e. The van der Waals surface area contributed by atoms with Crippen LogP contribution in [0, 0.1) is 10.1 Å². The van der Waals surface area contributed by atoms with Crippen molar-refractivity contribution in [3.63, 3.8) is 0 Å². The molecule has 0 amide bonds. The first kappa shape index (κ1) is 11.9. The highest BCUT2D eigenvalue weighted by molar-refractivity contribution is 9.10. The summed E-state index contributed by atoms with van der Waals surface area (Å²) in [5.41, 5.74) is 0.358. The molecule has 17 heavy (non-hydrogen) atoms. The summed E-state index contributed by atoms with van der Waals surface area (Å²) < 4.78 is 0.559. The number of nitrogens with one attached hydrogen (secondary N) is 1. The number of nitro groups is 1. The van der Waals surface area contributed by atoms with Gasteiger partial charge in [0.25, 0.3) is 0 Å². The molecule has 0 bridgehead atoms. The van der Waals surface area contributed by atoms with E-state index < -0.39 is 4.92 Å². The summed E-state index contributed by atoms with van der Waals surface area (Å²) in [4.78, 5) is 18.2. The van der Waals surface area contributed by atoms with Gasteiger partial charge in [0.1, 0.15) is 16.9 Å². The number of hydrogen-bond acceptors (Lipinski definition) is 6. The van der Waals surface area contributed by atoms with Crippen LogP contribution < -0.4 is 5.32 Å². The molecule has 88 valence electrons. The third kappa shape index (κ3) is 2.77. The van der Waals surface area contributed by atoms with Crippen molar-refractivity contribution in [2.24, 2.45) is 0 Å². The lowest BCUT2D eigenvalue weighted by Crippen LogP contribution is -2.03. The minimum absolute atomic E-state index is 0.0593. The highest BCUT2D eigenvalue weighted by atomic mass is 79.9. The van der Waals surface area contributed by atoms with Gasteiger partial charge in [-0.15, -0.1) is 11.3 Å². The number of halogens is 1. The molecule has 6 nitrogen and oxygen atoms in total. The third-order valence-corrected chi connectivity index (χ3v) is 3.36. The van der Waals surface area contributed by atoms with Crippen molar-refractivity contribution in [3.05, 3.63) is 43.6 Å². The van der Waals surface area contributed by atoms with Crippen molar-refractivity contribution in [2.75, 3.05) is 5.32 Å². The van der Waals surface area contributed by atoms with Gasteiger partial charge in [-0.3, -0.25) is 15.1 Å². The van der Waals surface area contributed by atoms with Crippen molar-refractivity contribution in [1.82, 2.24) is 9.97 Å². The second kappa shape index (κ2) is 5.19. The summed E-state index contributed by atoms with van der Waals surface area (Å²) in [6.07, 6.45) is 4.42. The van der Waals surface area contributed by atoms with Crippen LogP contribution in [0.4, 0.5) is 11.4 Å². The fourth-order valence-corrected chi connectivity index (χ4v) is 2.26. The van der Waals surface area contributed by atoms with Crippen molar-refractivity contribution < 1.29 is 4.92 Å². The first-order valence-electron chi connectivity index (χ1n) is 4.58. The molecule has 2 aromatic heterocycles. The lowest BCUT2D eigenvalue weighted by Gasteiger charge is -2.06. The summed E-state index contributed by atoms with van der Waals surface area (Å²) >= 11 is 4.72. The molecule has 0 aliphatic carbocycles. The van der Waals surface area contributed by atoms with E-state index in [2.05, 4.69) is 31.2 Å². The molecular formula is C9H7BrN4O2S. The van der Waals surface area contributed by atoms with E-state index in [0.29, 0.717) is 16.7 Å². The first-order valence-corrected chi connectivity index (χ1v) is 6.26. The van der Waals surface area contributed by atoms with E-state index in [9.17, 15) is 10.1 Å². The van der Waals surface area contributed by atoms with E-state index >= 15 is 0 Å².